The summed E-state index contributed by atoms with van der Waals surface area (Å²) in [7, 11) is 1.68. The third-order valence-electron chi connectivity index (χ3n) is 2.65. The molecule has 0 aliphatic heterocycles. The van der Waals surface area contributed by atoms with Crippen LogP contribution in [0.3, 0.4) is 0 Å². The van der Waals surface area contributed by atoms with Gasteiger partial charge in [0.25, 0.3) is 0 Å². The summed E-state index contributed by atoms with van der Waals surface area (Å²) in [6, 6.07) is 5.69. The third kappa shape index (κ3) is 4.59. The number of benzene rings is 1. The van der Waals surface area contributed by atoms with Crippen molar-refractivity contribution in [2.45, 2.75) is 6.42 Å². The number of fused-ring (bicyclic) bond motifs is 1. The van der Waals surface area contributed by atoms with E-state index < -0.39 is 5.97 Å². The lowest BCUT2D eigenvalue weighted by Crippen LogP contribution is -2.01. The summed E-state index contributed by atoms with van der Waals surface area (Å²) in [6.45, 7) is 0.464. The van der Waals surface area contributed by atoms with Crippen LogP contribution in [0.15, 0.2) is 23.2 Å². The highest BCUT2D eigenvalue weighted by molar-refractivity contribution is 8.14. The first kappa shape index (κ1) is 17.1. The number of rotatable bonds is 7. The zero-order chi connectivity index (χ0) is 15.9. The highest BCUT2D eigenvalue weighted by atomic mass is 35.5. The fourth-order valence-electron chi connectivity index (χ4n) is 1.70. The molecule has 118 valence electrons. The van der Waals surface area contributed by atoms with E-state index >= 15 is 0 Å². The van der Waals surface area contributed by atoms with Gasteiger partial charge in [-0.15, -0.1) is 34.7 Å². The smallest absolute Gasteiger partial charge is 0.304 e. The molecule has 1 aromatic heterocycles. The number of thioether (sulfide) groups is 1. The van der Waals surface area contributed by atoms with Crippen LogP contribution in [-0.4, -0.2) is 46.4 Å². The molecule has 0 radical (unpaired) electrons. The van der Waals surface area contributed by atoms with Gasteiger partial charge in [0.1, 0.15) is 22.4 Å². The number of hydrogen-bond donors (Lipinski definition) is 1. The Morgan fingerprint density at radius 2 is 2.36 bits per heavy atom. The van der Waals surface area contributed by atoms with E-state index in [-0.39, 0.29) is 6.42 Å². The molecular weight excluding hydrogens is 344 g/mol. The molecular formula is C14H15ClN2O3S2. The largest absolute Gasteiger partial charge is 0.492 e. The van der Waals surface area contributed by atoms with Gasteiger partial charge >= 0.3 is 5.97 Å². The molecule has 0 saturated carbocycles. The van der Waals surface area contributed by atoms with Crippen LogP contribution in [0.5, 0.6) is 5.75 Å². The maximum absolute atomic E-state index is 10.6. The minimum atomic E-state index is -0.812. The lowest BCUT2D eigenvalue weighted by molar-refractivity contribution is -0.136. The number of nitrogens with zero attached hydrogens (tertiary/aromatic N) is 2. The average molecular weight is 359 g/mol. The topological polar surface area (TPSA) is 71.8 Å². The van der Waals surface area contributed by atoms with E-state index in [9.17, 15) is 4.79 Å². The summed E-state index contributed by atoms with van der Waals surface area (Å²) >= 11 is 8.53. The van der Waals surface area contributed by atoms with Gasteiger partial charge in [0.15, 0.2) is 0 Å². The predicted octanol–water partition coefficient (Wildman–Crippen LogP) is 3.50. The zero-order valence-corrected chi connectivity index (χ0v) is 14.3. The Hall–Kier alpha value is -1.31. The molecule has 0 amide bonds. The van der Waals surface area contributed by atoms with Crippen LogP contribution in [0.4, 0.5) is 0 Å². The van der Waals surface area contributed by atoms with Gasteiger partial charge in [-0.3, -0.25) is 9.79 Å². The van der Waals surface area contributed by atoms with E-state index in [0.717, 1.165) is 26.0 Å². The van der Waals surface area contributed by atoms with E-state index in [4.69, 9.17) is 21.4 Å². The molecule has 0 bridgehead atoms. The van der Waals surface area contributed by atoms with Crippen LogP contribution in [-0.2, 0) is 4.79 Å². The standard InChI is InChI=1S/C14H15ClN2O3S2/c1-16-13(21-7-4-12(18)19)14-17-10-3-2-9(20-6-5-15)8-11(10)22-14/h2-3,8H,4-7H2,1H3,(H,18,19)/b16-13-. The summed E-state index contributed by atoms with van der Waals surface area (Å²) in [5.74, 6) is 0.867. The SMILES string of the molecule is C/N=C(\SCCC(=O)O)c1nc2ccc(OCCCl)cc2s1. The number of hydrogen-bond acceptors (Lipinski definition) is 6. The molecule has 1 N–H and O–H groups in total. The molecule has 0 unspecified atom stereocenters. The molecule has 0 atom stereocenters. The quantitative estimate of drug-likeness (QED) is 0.466. The van der Waals surface area contributed by atoms with Gasteiger partial charge in [-0.25, -0.2) is 4.98 Å². The van der Waals surface area contributed by atoms with Gasteiger partial charge < -0.3 is 9.84 Å². The van der Waals surface area contributed by atoms with Gasteiger partial charge in [-0.05, 0) is 18.2 Å². The van der Waals surface area contributed by atoms with Crippen molar-refractivity contribution in [2.24, 2.45) is 4.99 Å². The molecule has 0 aliphatic rings. The van der Waals surface area contributed by atoms with Crippen molar-refractivity contribution in [3.05, 3.63) is 23.2 Å². The summed E-state index contributed by atoms with van der Waals surface area (Å²) in [4.78, 5) is 19.3. The van der Waals surface area contributed by atoms with Crippen LogP contribution in [0.2, 0.25) is 0 Å². The lowest BCUT2D eigenvalue weighted by atomic mass is 10.3. The van der Waals surface area contributed by atoms with E-state index in [1.54, 1.807) is 7.05 Å². The van der Waals surface area contributed by atoms with E-state index in [2.05, 4.69) is 9.98 Å². The second-order valence-corrected chi connectivity index (χ2v) is 6.70. The number of alkyl halides is 1. The molecule has 5 nitrogen and oxygen atoms in total. The van der Waals surface area contributed by atoms with Crippen LogP contribution >= 0.6 is 34.7 Å². The Bertz CT molecular complexity index is 688. The number of thiazole rings is 1. The second-order valence-electron chi connectivity index (χ2n) is 4.21. The molecule has 0 aliphatic carbocycles. The molecule has 2 aromatic rings. The van der Waals surface area contributed by atoms with Gasteiger partial charge in [-0.1, -0.05) is 0 Å². The number of ether oxygens (including phenoxy) is 1. The van der Waals surface area contributed by atoms with Crippen LogP contribution in [0.25, 0.3) is 10.2 Å². The molecule has 0 fully saturated rings. The van der Waals surface area contributed by atoms with Crippen LogP contribution in [0.1, 0.15) is 11.4 Å². The minimum absolute atomic E-state index is 0.102. The molecule has 2 rings (SSSR count). The maximum atomic E-state index is 10.6. The van der Waals surface area contributed by atoms with Crippen LogP contribution in [0, 0.1) is 0 Å². The number of halogens is 1. The van der Waals surface area contributed by atoms with E-state index in [1.165, 1.54) is 23.1 Å². The monoisotopic (exact) mass is 358 g/mol. The Kier molecular flexibility index (Phi) is 6.48. The number of aliphatic carboxylic acids is 1. The van der Waals surface area contributed by atoms with Crippen molar-refractivity contribution < 1.29 is 14.6 Å². The first-order valence-electron chi connectivity index (χ1n) is 6.55. The maximum Gasteiger partial charge on any atom is 0.304 e. The second kappa shape index (κ2) is 8.36. The van der Waals surface area contributed by atoms with Gasteiger partial charge in [0.2, 0.25) is 0 Å². The van der Waals surface area contributed by atoms with Crippen molar-refractivity contribution in [1.29, 1.82) is 0 Å². The number of aliphatic imine (C=N–C) groups is 1. The normalized spacial score (nSPS) is 11.8. The summed E-state index contributed by atoms with van der Waals surface area (Å²) < 4.78 is 6.50. The molecule has 1 aromatic carbocycles. The van der Waals surface area contributed by atoms with Crippen LogP contribution < -0.4 is 4.74 Å². The third-order valence-corrected chi connectivity index (χ3v) is 5.01. The first-order chi connectivity index (χ1) is 10.6. The zero-order valence-electron chi connectivity index (χ0n) is 11.9. The Morgan fingerprint density at radius 3 is 3.05 bits per heavy atom. The van der Waals surface area contributed by atoms with Gasteiger partial charge in [0.05, 0.1) is 22.5 Å². The van der Waals surface area contributed by atoms with Crippen molar-refractivity contribution in [3.8, 4) is 5.75 Å². The highest BCUT2D eigenvalue weighted by Crippen LogP contribution is 2.29. The summed E-state index contributed by atoms with van der Waals surface area (Å²) in [5.41, 5.74) is 0.873. The minimum Gasteiger partial charge on any atom is -0.492 e. The van der Waals surface area contributed by atoms with Crippen molar-refractivity contribution in [3.63, 3.8) is 0 Å². The number of carbonyl (C=O) groups is 1. The summed E-state index contributed by atoms with van der Waals surface area (Å²) in [6.07, 6.45) is 0.102. The molecule has 0 saturated heterocycles. The van der Waals surface area contributed by atoms with Crippen molar-refractivity contribution >= 4 is 55.9 Å². The summed E-state index contributed by atoms with van der Waals surface area (Å²) in [5, 5.41) is 10.2. The Morgan fingerprint density at radius 1 is 1.55 bits per heavy atom. The fourth-order valence-corrected chi connectivity index (χ4v) is 3.77. The molecule has 22 heavy (non-hydrogen) atoms. The van der Waals surface area contributed by atoms with Gasteiger partial charge in [0, 0.05) is 12.8 Å². The number of carboxylic acids is 1. The lowest BCUT2D eigenvalue weighted by Gasteiger charge is -2.02. The average Bonchev–Trinajstić information content (AvgIpc) is 2.92. The Balaban J connectivity index is 2.14. The van der Waals surface area contributed by atoms with E-state index in [0.29, 0.717) is 18.2 Å². The van der Waals surface area contributed by atoms with E-state index in [1.807, 2.05) is 18.2 Å². The Labute approximate surface area is 141 Å². The van der Waals surface area contributed by atoms with Crippen molar-refractivity contribution in [2.75, 3.05) is 25.3 Å². The first-order valence-corrected chi connectivity index (χ1v) is 8.89. The highest BCUT2D eigenvalue weighted by Gasteiger charge is 2.12. The molecule has 8 heteroatoms. The van der Waals surface area contributed by atoms with Crippen molar-refractivity contribution in [1.82, 2.24) is 4.98 Å². The molecule has 0 spiro atoms. The fraction of sp³-hybridized carbons (Fsp3) is 0.357. The van der Waals surface area contributed by atoms with Gasteiger partial charge in [-0.2, -0.15) is 0 Å². The number of carboxylic acid groups (broad SMARTS) is 1. The number of aromatic nitrogens is 1. The predicted molar refractivity (Wildman–Crippen MR) is 93.0 cm³/mol. The molecule has 1 heterocycles.